The van der Waals surface area contributed by atoms with Crippen LogP contribution >= 0.6 is 11.6 Å². The summed E-state index contributed by atoms with van der Waals surface area (Å²) in [6.45, 7) is 6.77. The first kappa shape index (κ1) is 12.6. The lowest BCUT2D eigenvalue weighted by atomic mass is 9.84. The SMILES string of the molecule is CCC(C)C1CCN(c2ncc(Cl)cn2)CC1. The van der Waals surface area contributed by atoms with Crippen molar-refractivity contribution in [3.8, 4) is 0 Å². The van der Waals surface area contributed by atoms with Gasteiger partial charge in [0.2, 0.25) is 5.95 Å². The zero-order valence-corrected chi connectivity index (χ0v) is 11.3. The zero-order chi connectivity index (χ0) is 12.3. The quantitative estimate of drug-likeness (QED) is 0.827. The zero-order valence-electron chi connectivity index (χ0n) is 10.6. The second-order valence-corrected chi connectivity index (χ2v) is 5.35. The highest BCUT2D eigenvalue weighted by atomic mass is 35.5. The maximum Gasteiger partial charge on any atom is 0.225 e. The molecule has 2 rings (SSSR count). The van der Waals surface area contributed by atoms with E-state index >= 15 is 0 Å². The number of piperidine rings is 1. The lowest BCUT2D eigenvalue weighted by Crippen LogP contribution is -2.36. The molecular weight excluding hydrogens is 234 g/mol. The van der Waals surface area contributed by atoms with Crippen molar-refractivity contribution in [3.05, 3.63) is 17.4 Å². The summed E-state index contributed by atoms with van der Waals surface area (Å²) in [7, 11) is 0. The summed E-state index contributed by atoms with van der Waals surface area (Å²) in [5.41, 5.74) is 0. The van der Waals surface area contributed by atoms with Crippen LogP contribution in [0.1, 0.15) is 33.1 Å². The Hall–Kier alpha value is -0.830. The van der Waals surface area contributed by atoms with Gasteiger partial charge in [0.1, 0.15) is 0 Å². The van der Waals surface area contributed by atoms with E-state index in [9.17, 15) is 0 Å². The molecular formula is C13H20ClN3. The Morgan fingerprint density at radius 2 is 1.94 bits per heavy atom. The van der Waals surface area contributed by atoms with Gasteiger partial charge in [0, 0.05) is 13.1 Å². The average Bonchev–Trinajstić information content (AvgIpc) is 2.39. The minimum absolute atomic E-state index is 0.600. The van der Waals surface area contributed by atoms with Gasteiger partial charge in [-0.15, -0.1) is 0 Å². The third-order valence-corrected chi connectivity index (χ3v) is 4.07. The lowest BCUT2D eigenvalue weighted by molar-refractivity contribution is 0.285. The third kappa shape index (κ3) is 3.09. The maximum absolute atomic E-state index is 5.79. The van der Waals surface area contributed by atoms with Gasteiger partial charge in [-0.2, -0.15) is 0 Å². The molecule has 0 bridgehead atoms. The van der Waals surface area contributed by atoms with Crippen LogP contribution in [-0.2, 0) is 0 Å². The van der Waals surface area contributed by atoms with Gasteiger partial charge in [-0.05, 0) is 24.7 Å². The predicted molar refractivity (Wildman–Crippen MR) is 71.4 cm³/mol. The Bertz CT molecular complexity index is 344. The minimum Gasteiger partial charge on any atom is -0.341 e. The van der Waals surface area contributed by atoms with Gasteiger partial charge in [-0.3, -0.25) is 0 Å². The fourth-order valence-corrected chi connectivity index (χ4v) is 2.57. The molecule has 0 aliphatic carbocycles. The van der Waals surface area contributed by atoms with Crippen molar-refractivity contribution in [2.45, 2.75) is 33.1 Å². The van der Waals surface area contributed by atoms with Crippen LogP contribution in [0.4, 0.5) is 5.95 Å². The molecule has 0 aromatic carbocycles. The topological polar surface area (TPSA) is 29.0 Å². The smallest absolute Gasteiger partial charge is 0.225 e. The van der Waals surface area contributed by atoms with Crippen molar-refractivity contribution in [2.75, 3.05) is 18.0 Å². The normalized spacial score (nSPS) is 19.4. The number of hydrogen-bond donors (Lipinski definition) is 0. The molecule has 0 spiro atoms. The largest absolute Gasteiger partial charge is 0.341 e. The van der Waals surface area contributed by atoms with Crippen LogP contribution < -0.4 is 4.90 Å². The van der Waals surface area contributed by atoms with Crippen LogP contribution in [0.3, 0.4) is 0 Å². The van der Waals surface area contributed by atoms with Crippen molar-refractivity contribution >= 4 is 17.5 Å². The van der Waals surface area contributed by atoms with Crippen LogP contribution in [0.15, 0.2) is 12.4 Å². The van der Waals surface area contributed by atoms with E-state index in [0.29, 0.717) is 5.02 Å². The molecule has 1 fully saturated rings. The monoisotopic (exact) mass is 253 g/mol. The molecule has 1 aliphatic rings. The fourth-order valence-electron chi connectivity index (χ4n) is 2.47. The molecule has 2 heterocycles. The molecule has 1 unspecified atom stereocenters. The molecule has 1 aliphatic heterocycles. The minimum atomic E-state index is 0.600. The molecule has 3 nitrogen and oxygen atoms in total. The highest BCUT2D eigenvalue weighted by Gasteiger charge is 2.23. The van der Waals surface area contributed by atoms with Crippen LogP contribution in [0.25, 0.3) is 0 Å². The van der Waals surface area contributed by atoms with Crippen molar-refractivity contribution in [1.82, 2.24) is 9.97 Å². The van der Waals surface area contributed by atoms with Gasteiger partial charge in [-0.1, -0.05) is 31.9 Å². The van der Waals surface area contributed by atoms with E-state index in [1.54, 1.807) is 12.4 Å². The van der Waals surface area contributed by atoms with E-state index in [0.717, 1.165) is 30.9 Å². The summed E-state index contributed by atoms with van der Waals surface area (Å²) in [5, 5.41) is 0.600. The van der Waals surface area contributed by atoms with Crippen molar-refractivity contribution < 1.29 is 0 Å². The molecule has 0 amide bonds. The molecule has 4 heteroatoms. The van der Waals surface area contributed by atoms with Crippen LogP contribution in [-0.4, -0.2) is 23.1 Å². The molecule has 0 N–H and O–H groups in total. The van der Waals surface area contributed by atoms with Gasteiger partial charge < -0.3 is 4.90 Å². The standard InChI is InChI=1S/C13H20ClN3/c1-3-10(2)11-4-6-17(7-5-11)13-15-8-12(14)9-16-13/h8-11H,3-7H2,1-2H3. The van der Waals surface area contributed by atoms with E-state index < -0.39 is 0 Å². The Balaban J connectivity index is 1.93. The van der Waals surface area contributed by atoms with Crippen LogP contribution in [0.2, 0.25) is 5.02 Å². The maximum atomic E-state index is 5.79. The average molecular weight is 254 g/mol. The Morgan fingerprint density at radius 1 is 1.35 bits per heavy atom. The summed E-state index contributed by atoms with van der Waals surface area (Å²) in [6, 6.07) is 0. The Kier molecular flexibility index (Phi) is 4.21. The Morgan fingerprint density at radius 3 is 2.47 bits per heavy atom. The number of anilines is 1. The van der Waals surface area contributed by atoms with E-state index in [1.807, 2.05) is 0 Å². The third-order valence-electron chi connectivity index (χ3n) is 3.88. The second kappa shape index (κ2) is 5.67. The van der Waals surface area contributed by atoms with Crippen molar-refractivity contribution in [2.24, 2.45) is 11.8 Å². The molecule has 0 saturated carbocycles. The molecule has 1 aromatic rings. The fraction of sp³-hybridized carbons (Fsp3) is 0.692. The summed E-state index contributed by atoms with van der Waals surface area (Å²) in [6.07, 6.45) is 7.12. The van der Waals surface area contributed by atoms with E-state index in [1.165, 1.54) is 19.3 Å². The van der Waals surface area contributed by atoms with Crippen LogP contribution in [0, 0.1) is 11.8 Å². The molecule has 1 saturated heterocycles. The highest BCUT2D eigenvalue weighted by molar-refractivity contribution is 6.30. The van der Waals surface area contributed by atoms with E-state index in [2.05, 4.69) is 28.7 Å². The van der Waals surface area contributed by atoms with Crippen LogP contribution in [0.5, 0.6) is 0 Å². The van der Waals surface area contributed by atoms with Gasteiger partial charge in [0.25, 0.3) is 0 Å². The van der Waals surface area contributed by atoms with Gasteiger partial charge in [-0.25, -0.2) is 9.97 Å². The molecule has 0 radical (unpaired) electrons. The van der Waals surface area contributed by atoms with Crippen molar-refractivity contribution in [3.63, 3.8) is 0 Å². The van der Waals surface area contributed by atoms with E-state index in [-0.39, 0.29) is 0 Å². The highest BCUT2D eigenvalue weighted by Crippen LogP contribution is 2.28. The summed E-state index contributed by atoms with van der Waals surface area (Å²) >= 11 is 5.79. The number of rotatable bonds is 3. The van der Waals surface area contributed by atoms with E-state index in [4.69, 9.17) is 11.6 Å². The van der Waals surface area contributed by atoms with Gasteiger partial charge in [0.15, 0.2) is 0 Å². The first-order chi connectivity index (χ1) is 8.20. The predicted octanol–water partition coefficient (Wildman–Crippen LogP) is 3.39. The van der Waals surface area contributed by atoms with Crippen molar-refractivity contribution in [1.29, 1.82) is 0 Å². The first-order valence-corrected chi connectivity index (χ1v) is 6.81. The number of aromatic nitrogens is 2. The number of hydrogen-bond acceptors (Lipinski definition) is 3. The molecule has 94 valence electrons. The lowest BCUT2D eigenvalue weighted by Gasteiger charge is -2.34. The number of halogens is 1. The summed E-state index contributed by atoms with van der Waals surface area (Å²) in [4.78, 5) is 10.8. The Labute approximate surface area is 108 Å². The molecule has 17 heavy (non-hydrogen) atoms. The number of nitrogens with zero attached hydrogens (tertiary/aromatic N) is 3. The van der Waals surface area contributed by atoms with Gasteiger partial charge >= 0.3 is 0 Å². The summed E-state index contributed by atoms with van der Waals surface area (Å²) in [5.74, 6) is 2.52. The molecule has 1 atom stereocenters. The molecule has 1 aromatic heterocycles. The summed E-state index contributed by atoms with van der Waals surface area (Å²) < 4.78 is 0. The van der Waals surface area contributed by atoms with Gasteiger partial charge in [0.05, 0.1) is 17.4 Å². The first-order valence-electron chi connectivity index (χ1n) is 6.43. The second-order valence-electron chi connectivity index (χ2n) is 4.91.